The number of rotatable bonds is 5. The predicted octanol–water partition coefficient (Wildman–Crippen LogP) is 3.65. The Morgan fingerprint density at radius 3 is 2.84 bits per heavy atom. The zero-order valence-corrected chi connectivity index (χ0v) is 17.2. The van der Waals surface area contributed by atoms with Gasteiger partial charge < -0.3 is 5.11 Å². The molecule has 8 nitrogen and oxygen atoms in total. The summed E-state index contributed by atoms with van der Waals surface area (Å²) in [6, 6.07) is 12.3. The minimum Gasteiger partial charge on any atom is -0.391 e. The summed E-state index contributed by atoms with van der Waals surface area (Å²) in [5, 5.41) is 38.8. The lowest BCUT2D eigenvalue weighted by molar-refractivity contribution is 0.0713. The Kier molecular flexibility index (Phi) is 4.70. The van der Waals surface area contributed by atoms with Crippen LogP contribution >= 0.6 is 11.3 Å². The predicted molar refractivity (Wildman–Crippen MR) is 114 cm³/mol. The van der Waals surface area contributed by atoms with Crippen LogP contribution in [0, 0.1) is 28.6 Å². The van der Waals surface area contributed by atoms with Gasteiger partial charge in [0.1, 0.15) is 10.7 Å². The number of nitriles is 2. The summed E-state index contributed by atoms with van der Waals surface area (Å²) in [5.41, 5.74) is 2.72. The van der Waals surface area contributed by atoms with E-state index in [4.69, 9.17) is 5.10 Å². The third kappa shape index (κ3) is 3.25. The molecule has 0 spiro atoms. The fraction of sp³-hybridized carbons (Fsp3) is 0.273. The van der Waals surface area contributed by atoms with Gasteiger partial charge in [0.05, 0.1) is 53.2 Å². The molecule has 1 aliphatic carbocycles. The Labute approximate surface area is 182 Å². The third-order valence-corrected chi connectivity index (χ3v) is 6.74. The molecule has 3 heterocycles. The summed E-state index contributed by atoms with van der Waals surface area (Å²) in [4.78, 5) is 11.3. The molecule has 1 saturated carbocycles. The van der Waals surface area contributed by atoms with E-state index in [0.717, 1.165) is 31.9 Å². The second kappa shape index (κ2) is 7.55. The smallest absolute Gasteiger partial charge is 0.123 e. The van der Waals surface area contributed by atoms with Crippen molar-refractivity contribution in [3.8, 4) is 34.0 Å². The number of aromatic nitrogens is 5. The topological polar surface area (TPSA) is 124 Å². The van der Waals surface area contributed by atoms with Crippen molar-refractivity contribution in [2.75, 3.05) is 0 Å². The Morgan fingerprint density at radius 1 is 1.23 bits per heavy atom. The van der Waals surface area contributed by atoms with E-state index >= 15 is 0 Å². The van der Waals surface area contributed by atoms with Crippen molar-refractivity contribution in [2.24, 2.45) is 5.92 Å². The minimum absolute atomic E-state index is 0.0463. The van der Waals surface area contributed by atoms with E-state index in [1.165, 1.54) is 11.3 Å². The minimum atomic E-state index is -0.523. The van der Waals surface area contributed by atoms with E-state index in [1.807, 2.05) is 24.3 Å². The molecule has 31 heavy (non-hydrogen) atoms. The summed E-state index contributed by atoms with van der Waals surface area (Å²) in [7, 11) is 0. The Morgan fingerprint density at radius 2 is 2.10 bits per heavy atom. The summed E-state index contributed by atoms with van der Waals surface area (Å²) in [5.74, 6) is -0.0678. The van der Waals surface area contributed by atoms with Crippen molar-refractivity contribution < 1.29 is 5.11 Å². The summed E-state index contributed by atoms with van der Waals surface area (Å²) in [6.45, 7) is -0.0463. The molecule has 1 aliphatic rings. The van der Waals surface area contributed by atoms with Gasteiger partial charge in [-0.1, -0.05) is 6.07 Å². The van der Waals surface area contributed by atoms with Crippen molar-refractivity contribution in [2.45, 2.75) is 31.4 Å². The molecule has 1 N–H and O–H groups in total. The number of aliphatic hydroxyl groups is 1. The highest BCUT2D eigenvalue weighted by Gasteiger charge is 2.48. The highest BCUT2D eigenvalue weighted by molar-refractivity contribution is 7.15. The van der Waals surface area contributed by atoms with Crippen LogP contribution in [0.2, 0.25) is 0 Å². The quantitative estimate of drug-likeness (QED) is 0.515. The number of fused-ring (bicyclic) bond motifs is 1. The average molecular weight is 427 g/mol. The number of hydrogen-bond acceptors (Lipinski definition) is 8. The molecule has 9 heteroatoms. The van der Waals surface area contributed by atoms with Gasteiger partial charge in [-0.25, -0.2) is 4.98 Å². The Hall–Kier alpha value is -3.66. The normalized spacial score (nSPS) is 20.2. The molecule has 0 amide bonds. The molecule has 1 fully saturated rings. The SMILES string of the molecule is N#CCC1(n2ncc(-c3cc(-c4ncc(CO)s4)cc4ncccc34)n2)CC(C#N)C1. The summed E-state index contributed by atoms with van der Waals surface area (Å²) < 4.78 is 0. The number of hydrogen-bond donors (Lipinski definition) is 1. The monoisotopic (exact) mass is 427 g/mol. The van der Waals surface area contributed by atoms with Crippen LogP contribution in [0.5, 0.6) is 0 Å². The van der Waals surface area contributed by atoms with Crippen LogP contribution in [0.1, 0.15) is 24.1 Å². The van der Waals surface area contributed by atoms with E-state index < -0.39 is 5.54 Å². The molecule has 3 aromatic heterocycles. The van der Waals surface area contributed by atoms with Crippen LogP contribution in [0.25, 0.3) is 32.7 Å². The van der Waals surface area contributed by atoms with Crippen LogP contribution in [-0.2, 0) is 12.1 Å². The third-order valence-electron chi connectivity index (χ3n) is 5.71. The van der Waals surface area contributed by atoms with Gasteiger partial charge in [0.2, 0.25) is 0 Å². The van der Waals surface area contributed by atoms with Gasteiger partial charge in [0.25, 0.3) is 0 Å². The number of nitrogens with zero attached hydrogens (tertiary/aromatic N) is 7. The molecule has 0 bridgehead atoms. The zero-order chi connectivity index (χ0) is 21.4. The standard InChI is InChI=1S/C22H17N7OS/c23-4-3-22(8-14(9-22)10-24)29-27-12-20(28-29)18-6-15(21-26-11-16(13-30)31-21)7-19-17(18)2-1-5-25-19/h1-2,5-7,11-12,14,30H,3,8-9,13H2. The molecule has 0 saturated heterocycles. The first kappa shape index (κ1) is 19.3. The van der Waals surface area contributed by atoms with Crippen molar-refractivity contribution >= 4 is 22.2 Å². The fourth-order valence-corrected chi connectivity index (χ4v) is 4.88. The lowest BCUT2D eigenvalue weighted by Crippen LogP contribution is -2.47. The molecular formula is C22H17N7OS. The molecule has 0 aliphatic heterocycles. The second-order valence-electron chi connectivity index (χ2n) is 7.70. The maximum atomic E-state index is 9.38. The number of pyridine rings is 1. The van der Waals surface area contributed by atoms with Gasteiger partial charge >= 0.3 is 0 Å². The molecule has 0 unspecified atom stereocenters. The van der Waals surface area contributed by atoms with Crippen LogP contribution < -0.4 is 0 Å². The molecule has 0 atom stereocenters. The first-order valence-corrected chi connectivity index (χ1v) is 10.6. The van der Waals surface area contributed by atoms with Gasteiger partial charge in [-0.2, -0.15) is 25.5 Å². The molecule has 1 aromatic carbocycles. The van der Waals surface area contributed by atoms with E-state index in [9.17, 15) is 15.6 Å². The van der Waals surface area contributed by atoms with Crippen molar-refractivity contribution in [3.05, 3.63) is 47.7 Å². The second-order valence-corrected chi connectivity index (χ2v) is 8.81. The largest absolute Gasteiger partial charge is 0.391 e. The lowest BCUT2D eigenvalue weighted by Gasteiger charge is -2.42. The maximum absolute atomic E-state index is 9.38. The highest BCUT2D eigenvalue weighted by atomic mass is 32.1. The number of benzene rings is 1. The summed E-state index contributed by atoms with van der Waals surface area (Å²) in [6.07, 6.45) is 6.54. The first-order valence-electron chi connectivity index (χ1n) is 9.80. The lowest BCUT2D eigenvalue weighted by atomic mass is 9.68. The van der Waals surface area contributed by atoms with Crippen molar-refractivity contribution in [1.29, 1.82) is 10.5 Å². The average Bonchev–Trinajstić information content (AvgIpc) is 3.45. The van der Waals surface area contributed by atoms with Crippen LogP contribution in [0.4, 0.5) is 0 Å². The maximum Gasteiger partial charge on any atom is 0.123 e. The van der Waals surface area contributed by atoms with Crippen LogP contribution in [0.15, 0.2) is 42.9 Å². The van der Waals surface area contributed by atoms with E-state index in [0.29, 0.717) is 18.5 Å². The molecule has 0 radical (unpaired) electrons. The summed E-state index contributed by atoms with van der Waals surface area (Å²) >= 11 is 1.43. The molecule has 5 rings (SSSR count). The highest BCUT2D eigenvalue weighted by Crippen LogP contribution is 2.45. The number of aliphatic hydroxyl groups excluding tert-OH is 1. The van der Waals surface area contributed by atoms with Gasteiger partial charge in [-0.05, 0) is 31.0 Å². The van der Waals surface area contributed by atoms with Gasteiger partial charge in [-0.3, -0.25) is 4.98 Å². The van der Waals surface area contributed by atoms with Gasteiger partial charge in [0.15, 0.2) is 0 Å². The van der Waals surface area contributed by atoms with Crippen LogP contribution in [-0.4, -0.2) is 30.1 Å². The van der Waals surface area contributed by atoms with Crippen LogP contribution in [0.3, 0.4) is 0 Å². The van der Waals surface area contributed by atoms with Gasteiger partial charge in [0, 0.05) is 28.9 Å². The molecular weight excluding hydrogens is 410 g/mol. The van der Waals surface area contributed by atoms with E-state index in [-0.39, 0.29) is 18.9 Å². The number of thiazole rings is 1. The van der Waals surface area contributed by atoms with Crippen molar-refractivity contribution in [3.63, 3.8) is 0 Å². The Bertz CT molecular complexity index is 1350. The van der Waals surface area contributed by atoms with E-state index in [2.05, 4.69) is 27.2 Å². The van der Waals surface area contributed by atoms with Crippen molar-refractivity contribution in [1.82, 2.24) is 25.0 Å². The molecule has 4 aromatic rings. The first-order chi connectivity index (χ1) is 15.2. The zero-order valence-electron chi connectivity index (χ0n) is 16.4. The molecule has 152 valence electrons. The van der Waals surface area contributed by atoms with Gasteiger partial charge in [-0.15, -0.1) is 11.3 Å². The fourth-order valence-electron chi connectivity index (χ4n) is 4.12. The Balaban J connectivity index is 1.61. The van der Waals surface area contributed by atoms with E-state index in [1.54, 1.807) is 23.4 Å².